The van der Waals surface area contributed by atoms with Crippen molar-refractivity contribution in [3.05, 3.63) is 41.6 Å². The third kappa shape index (κ3) is 4.02. The summed E-state index contributed by atoms with van der Waals surface area (Å²) in [5, 5.41) is 15.0. The van der Waals surface area contributed by atoms with E-state index in [4.69, 9.17) is 5.11 Å². The van der Waals surface area contributed by atoms with Gasteiger partial charge in [-0.25, -0.2) is 8.42 Å². The number of aromatic nitrogens is 2. The van der Waals surface area contributed by atoms with Gasteiger partial charge >= 0.3 is 5.97 Å². The molecule has 26 heavy (non-hydrogen) atoms. The number of rotatable bonds is 7. The summed E-state index contributed by atoms with van der Waals surface area (Å²) in [5.41, 5.74) is 0.960. The van der Waals surface area contributed by atoms with Gasteiger partial charge in [-0.05, 0) is 19.1 Å². The van der Waals surface area contributed by atoms with Crippen LogP contribution in [0.2, 0.25) is 0 Å². The Hall–Kier alpha value is -2.88. The molecular formula is C16H20N4O5S. The summed E-state index contributed by atoms with van der Waals surface area (Å²) in [6, 6.07) is 6.35. The first-order valence-electron chi connectivity index (χ1n) is 7.72. The molecule has 0 bridgehead atoms. The molecule has 1 aromatic carbocycles. The number of carbonyl (C=O) groups excluding carboxylic acids is 1. The third-order valence-corrected chi connectivity index (χ3v) is 5.52. The number of aryl methyl sites for hydroxylation is 2. The fourth-order valence-electron chi connectivity index (χ4n) is 2.33. The Balaban J connectivity index is 2.33. The molecule has 1 amide bonds. The van der Waals surface area contributed by atoms with Crippen LogP contribution in [-0.2, 0) is 21.9 Å². The first-order chi connectivity index (χ1) is 12.1. The maximum atomic E-state index is 12.8. The number of benzene rings is 1. The zero-order chi connectivity index (χ0) is 19.5. The predicted octanol–water partition coefficient (Wildman–Crippen LogP) is 0.758. The fourth-order valence-corrected chi connectivity index (χ4v) is 3.57. The molecule has 2 N–H and O–H groups in total. The Morgan fingerprint density at radius 1 is 1.27 bits per heavy atom. The van der Waals surface area contributed by atoms with Gasteiger partial charge in [-0.15, -0.1) is 0 Å². The topological polar surface area (TPSA) is 122 Å². The molecule has 0 saturated heterocycles. The summed E-state index contributed by atoms with van der Waals surface area (Å²) in [4.78, 5) is 22.9. The minimum atomic E-state index is -3.89. The maximum absolute atomic E-state index is 12.8. The number of hydrogen-bond donors (Lipinski definition) is 2. The van der Waals surface area contributed by atoms with E-state index in [1.165, 1.54) is 37.1 Å². The summed E-state index contributed by atoms with van der Waals surface area (Å²) in [5.74, 6) is -1.56. The first kappa shape index (κ1) is 19.4. The Labute approximate surface area is 151 Å². The van der Waals surface area contributed by atoms with Crippen LogP contribution in [0.15, 0.2) is 35.4 Å². The molecule has 10 heteroatoms. The van der Waals surface area contributed by atoms with Gasteiger partial charge in [0, 0.05) is 20.6 Å². The van der Waals surface area contributed by atoms with Gasteiger partial charge in [0.15, 0.2) is 5.82 Å². The van der Waals surface area contributed by atoms with Crippen LogP contribution >= 0.6 is 0 Å². The quantitative estimate of drug-likeness (QED) is 0.731. The van der Waals surface area contributed by atoms with E-state index in [0.29, 0.717) is 0 Å². The number of carboxylic acids is 1. The molecule has 2 aromatic rings. The summed E-state index contributed by atoms with van der Waals surface area (Å²) >= 11 is 0. The molecule has 0 atom stereocenters. The highest BCUT2D eigenvalue weighted by Gasteiger charge is 2.28. The number of aliphatic carboxylic acids is 1. The van der Waals surface area contributed by atoms with Crippen LogP contribution in [0, 0.1) is 6.92 Å². The number of hydrogen-bond acceptors (Lipinski definition) is 5. The minimum Gasteiger partial charge on any atom is -0.481 e. The van der Waals surface area contributed by atoms with Crippen molar-refractivity contribution >= 4 is 27.7 Å². The molecule has 1 heterocycles. The number of nitrogens with one attached hydrogen (secondary N) is 1. The van der Waals surface area contributed by atoms with Crippen molar-refractivity contribution in [2.45, 2.75) is 18.2 Å². The standard InChI is InChI=1S/C16H20N4O5S/c1-11-4-6-12(7-5-11)26(24,25)20(3)16-13(10-18-19(16)2)15(23)17-9-8-14(21)22/h4-7,10H,8-9H2,1-3H3,(H,17,23)(H,21,22). The van der Waals surface area contributed by atoms with Crippen LogP contribution in [0.25, 0.3) is 0 Å². The molecule has 2 rings (SSSR count). The number of carbonyl (C=O) groups is 2. The molecule has 0 saturated carbocycles. The van der Waals surface area contributed by atoms with Gasteiger partial charge in [-0.1, -0.05) is 17.7 Å². The van der Waals surface area contributed by atoms with Gasteiger partial charge in [0.25, 0.3) is 15.9 Å². The summed E-state index contributed by atoms with van der Waals surface area (Å²) in [6.07, 6.45) is 1.01. The second-order valence-electron chi connectivity index (χ2n) is 5.69. The highest BCUT2D eigenvalue weighted by atomic mass is 32.2. The molecule has 0 fully saturated rings. The molecular weight excluding hydrogens is 360 g/mol. The average Bonchev–Trinajstić information content (AvgIpc) is 2.95. The van der Waals surface area contributed by atoms with Gasteiger partial charge in [0.2, 0.25) is 0 Å². The Kier molecular flexibility index (Phi) is 5.66. The van der Waals surface area contributed by atoms with Gasteiger partial charge in [0.1, 0.15) is 5.56 Å². The normalized spacial score (nSPS) is 11.2. The third-order valence-electron chi connectivity index (χ3n) is 3.75. The zero-order valence-electron chi connectivity index (χ0n) is 14.6. The molecule has 0 aliphatic carbocycles. The average molecular weight is 380 g/mol. The van der Waals surface area contributed by atoms with Crippen molar-refractivity contribution in [1.29, 1.82) is 0 Å². The van der Waals surface area contributed by atoms with Crippen LogP contribution in [0.1, 0.15) is 22.3 Å². The Morgan fingerprint density at radius 2 is 1.88 bits per heavy atom. The predicted molar refractivity (Wildman–Crippen MR) is 94.6 cm³/mol. The highest BCUT2D eigenvalue weighted by molar-refractivity contribution is 7.92. The molecule has 0 aliphatic heterocycles. The molecule has 140 valence electrons. The Bertz CT molecular complexity index is 919. The number of anilines is 1. The second-order valence-corrected chi connectivity index (χ2v) is 7.66. The van der Waals surface area contributed by atoms with E-state index < -0.39 is 21.9 Å². The van der Waals surface area contributed by atoms with Crippen molar-refractivity contribution in [1.82, 2.24) is 15.1 Å². The van der Waals surface area contributed by atoms with Crippen molar-refractivity contribution in [2.24, 2.45) is 7.05 Å². The lowest BCUT2D eigenvalue weighted by atomic mass is 10.2. The smallest absolute Gasteiger partial charge is 0.305 e. The monoisotopic (exact) mass is 380 g/mol. The van der Waals surface area contributed by atoms with Crippen LogP contribution < -0.4 is 9.62 Å². The zero-order valence-corrected chi connectivity index (χ0v) is 15.4. The van der Waals surface area contributed by atoms with E-state index in [1.54, 1.807) is 12.1 Å². The molecule has 0 unspecified atom stereocenters. The number of nitrogens with zero attached hydrogens (tertiary/aromatic N) is 3. The fraction of sp³-hybridized carbons (Fsp3) is 0.312. The summed E-state index contributed by atoms with van der Waals surface area (Å²) in [7, 11) is -1.04. The van der Waals surface area contributed by atoms with Gasteiger partial charge in [-0.3, -0.25) is 18.6 Å². The van der Waals surface area contributed by atoms with Crippen molar-refractivity contribution in [3.8, 4) is 0 Å². The van der Waals surface area contributed by atoms with Crippen molar-refractivity contribution < 1.29 is 23.1 Å². The number of amides is 1. The lowest BCUT2D eigenvalue weighted by Crippen LogP contribution is -2.32. The maximum Gasteiger partial charge on any atom is 0.305 e. The summed E-state index contributed by atoms with van der Waals surface area (Å²) in [6.45, 7) is 1.78. The second kappa shape index (κ2) is 7.56. The Morgan fingerprint density at radius 3 is 2.46 bits per heavy atom. The van der Waals surface area contributed by atoms with E-state index >= 15 is 0 Å². The molecule has 1 aromatic heterocycles. The van der Waals surface area contributed by atoms with E-state index in [-0.39, 0.29) is 29.2 Å². The molecule has 0 spiro atoms. The molecule has 0 aliphatic rings. The minimum absolute atomic E-state index is 0.0380. The number of sulfonamides is 1. The highest BCUT2D eigenvalue weighted by Crippen LogP contribution is 2.25. The lowest BCUT2D eigenvalue weighted by molar-refractivity contribution is -0.136. The number of carboxylic acid groups (broad SMARTS) is 1. The summed E-state index contributed by atoms with van der Waals surface area (Å²) < 4.78 is 28.0. The lowest BCUT2D eigenvalue weighted by Gasteiger charge is -2.21. The molecule has 9 nitrogen and oxygen atoms in total. The van der Waals surface area contributed by atoms with Gasteiger partial charge in [0.05, 0.1) is 17.5 Å². The van der Waals surface area contributed by atoms with E-state index in [9.17, 15) is 18.0 Å². The van der Waals surface area contributed by atoms with Crippen molar-refractivity contribution in [2.75, 3.05) is 17.9 Å². The van der Waals surface area contributed by atoms with E-state index in [2.05, 4.69) is 10.4 Å². The van der Waals surface area contributed by atoms with Crippen LogP contribution in [-0.4, -0.2) is 48.8 Å². The SMILES string of the molecule is Cc1ccc(S(=O)(=O)N(C)c2c(C(=O)NCCC(=O)O)cnn2C)cc1. The van der Waals surface area contributed by atoms with Gasteiger partial charge in [-0.2, -0.15) is 5.10 Å². The van der Waals surface area contributed by atoms with Crippen LogP contribution in [0.3, 0.4) is 0 Å². The van der Waals surface area contributed by atoms with Crippen molar-refractivity contribution in [3.63, 3.8) is 0 Å². The van der Waals surface area contributed by atoms with E-state index in [0.717, 1.165) is 9.87 Å². The van der Waals surface area contributed by atoms with E-state index in [1.807, 2.05) is 6.92 Å². The van der Waals surface area contributed by atoms with Gasteiger partial charge < -0.3 is 10.4 Å². The largest absolute Gasteiger partial charge is 0.481 e. The molecule has 0 radical (unpaired) electrons. The van der Waals surface area contributed by atoms with Crippen LogP contribution in [0.4, 0.5) is 5.82 Å². The van der Waals surface area contributed by atoms with Crippen LogP contribution in [0.5, 0.6) is 0 Å². The first-order valence-corrected chi connectivity index (χ1v) is 9.16.